The summed E-state index contributed by atoms with van der Waals surface area (Å²) >= 11 is 0. The Morgan fingerprint density at radius 1 is 1.03 bits per heavy atom. The van der Waals surface area contributed by atoms with Crippen LogP contribution in [0.5, 0.6) is 0 Å². The van der Waals surface area contributed by atoms with E-state index in [0.29, 0.717) is 26.2 Å². The maximum Gasteiger partial charge on any atom is 0.495 e. The third kappa shape index (κ3) is 4.70. The maximum atomic E-state index is 12.4. The zero-order valence-corrected chi connectivity index (χ0v) is 18.7. The standard InChI is InChI=1S/C23H30BN3O4/c1-22(2)23(3,4)31-24(30-22)19-10-11-25-20(16-19)26-12-14-27(15-13-26)21(28)29-17-18-8-6-5-7-9-18/h5-11,16H,12-15,17H2,1-4H3. The van der Waals surface area contributed by atoms with E-state index in [-0.39, 0.29) is 23.9 Å². The molecule has 3 heterocycles. The molecule has 1 amide bonds. The largest absolute Gasteiger partial charge is 0.495 e. The summed E-state index contributed by atoms with van der Waals surface area (Å²) in [5, 5.41) is 0. The molecule has 2 aliphatic rings. The van der Waals surface area contributed by atoms with E-state index < -0.39 is 7.12 Å². The summed E-state index contributed by atoms with van der Waals surface area (Å²) in [5.74, 6) is 0.865. The highest BCUT2D eigenvalue weighted by Crippen LogP contribution is 2.36. The molecule has 2 aromatic rings. The van der Waals surface area contributed by atoms with Gasteiger partial charge in [-0.25, -0.2) is 9.78 Å². The van der Waals surface area contributed by atoms with Crippen molar-refractivity contribution in [2.45, 2.75) is 45.5 Å². The third-order valence-corrected chi connectivity index (χ3v) is 6.36. The third-order valence-electron chi connectivity index (χ3n) is 6.36. The van der Waals surface area contributed by atoms with E-state index >= 15 is 0 Å². The molecule has 0 radical (unpaired) electrons. The number of carbonyl (C=O) groups is 1. The summed E-state index contributed by atoms with van der Waals surface area (Å²) in [6.07, 6.45) is 1.51. The van der Waals surface area contributed by atoms with E-state index in [1.807, 2.05) is 70.2 Å². The van der Waals surface area contributed by atoms with Crippen LogP contribution in [0.15, 0.2) is 48.7 Å². The first-order valence-electron chi connectivity index (χ1n) is 10.8. The second kappa shape index (κ2) is 8.51. The van der Waals surface area contributed by atoms with Gasteiger partial charge in [0.05, 0.1) is 11.2 Å². The average molecular weight is 423 g/mol. The van der Waals surface area contributed by atoms with E-state index in [1.54, 1.807) is 11.1 Å². The number of hydrogen-bond acceptors (Lipinski definition) is 6. The van der Waals surface area contributed by atoms with Gasteiger partial charge in [-0.1, -0.05) is 30.3 Å². The Labute approximate surface area is 184 Å². The lowest BCUT2D eigenvalue weighted by molar-refractivity contribution is 0.00578. The molecule has 2 saturated heterocycles. The molecule has 7 nitrogen and oxygen atoms in total. The molecule has 1 aromatic heterocycles. The van der Waals surface area contributed by atoms with Crippen LogP contribution < -0.4 is 10.4 Å². The van der Waals surface area contributed by atoms with Crippen molar-refractivity contribution < 1.29 is 18.8 Å². The molecule has 0 bridgehead atoms. The van der Waals surface area contributed by atoms with Gasteiger partial charge >= 0.3 is 13.2 Å². The van der Waals surface area contributed by atoms with Crippen molar-refractivity contribution in [1.29, 1.82) is 0 Å². The van der Waals surface area contributed by atoms with E-state index in [2.05, 4.69) is 9.88 Å². The molecule has 1 aromatic carbocycles. The van der Waals surface area contributed by atoms with E-state index in [9.17, 15) is 4.79 Å². The van der Waals surface area contributed by atoms with Gasteiger partial charge in [-0.15, -0.1) is 0 Å². The van der Waals surface area contributed by atoms with Gasteiger partial charge in [0.1, 0.15) is 12.4 Å². The molecule has 4 rings (SSSR count). The highest BCUT2D eigenvalue weighted by atomic mass is 16.7. The fourth-order valence-electron chi connectivity index (χ4n) is 3.66. The average Bonchev–Trinajstić information content (AvgIpc) is 3.00. The zero-order valence-electron chi connectivity index (χ0n) is 18.7. The number of benzene rings is 1. The Morgan fingerprint density at radius 3 is 2.32 bits per heavy atom. The summed E-state index contributed by atoms with van der Waals surface area (Å²) in [4.78, 5) is 20.9. The second-order valence-electron chi connectivity index (χ2n) is 9.05. The molecule has 2 aliphatic heterocycles. The molecule has 0 N–H and O–H groups in total. The highest BCUT2D eigenvalue weighted by molar-refractivity contribution is 6.62. The molecule has 8 heteroatoms. The molecule has 31 heavy (non-hydrogen) atoms. The Kier molecular flexibility index (Phi) is 5.95. The number of carbonyl (C=O) groups excluding carboxylic acids is 1. The van der Waals surface area contributed by atoms with Crippen molar-refractivity contribution >= 4 is 24.5 Å². The Bertz CT molecular complexity index is 898. The maximum absolute atomic E-state index is 12.4. The summed E-state index contributed by atoms with van der Waals surface area (Å²) in [7, 11) is -0.416. The van der Waals surface area contributed by atoms with E-state index in [1.165, 1.54) is 0 Å². The predicted molar refractivity (Wildman–Crippen MR) is 120 cm³/mol. The van der Waals surface area contributed by atoms with Gasteiger partial charge in [0.25, 0.3) is 0 Å². The smallest absolute Gasteiger partial charge is 0.445 e. The summed E-state index contributed by atoms with van der Waals surface area (Å²) < 4.78 is 17.8. The van der Waals surface area contributed by atoms with Gasteiger partial charge < -0.3 is 23.8 Å². The summed E-state index contributed by atoms with van der Waals surface area (Å²) in [6.45, 7) is 11.1. The molecule has 0 aliphatic carbocycles. The van der Waals surface area contributed by atoms with Crippen molar-refractivity contribution in [3.05, 3.63) is 54.2 Å². The Morgan fingerprint density at radius 2 is 1.68 bits per heavy atom. The molecule has 2 fully saturated rings. The minimum atomic E-state index is -0.416. The van der Waals surface area contributed by atoms with Crippen LogP contribution >= 0.6 is 0 Å². The van der Waals surface area contributed by atoms with Crippen LogP contribution in [-0.2, 0) is 20.7 Å². The van der Waals surface area contributed by atoms with Gasteiger partial charge in [0, 0.05) is 32.4 Å². The monoisotopic (exact) mass is 423 g/mol. The number of ether oxygens (including phenoxy) is 1. The van der Waals surface area contributed by atoms with Crippen LogP contribution in [-0.4, -0.2) is 60.5 Å². The van der Waals surface area contributed by atoms with Crippen LogP contribution in [0.2, 0.25) is 0 Å². The second-order valence-corrected chi connectivity index (χ2v) is 9.05. The molecular weight excluding hydrogens is 393 g/mol. The van der Waals surface area contributed by atoms with Gasteiger partial charge in [-0.3, -0.25) is 0 Å². The number of anilines is 1. The number of amides is 1. The fourth-order valence-corrected chi connectivity index (χ4v) is 3.66. The number of hydrogen-bond donors (Lipinski definition) is 0. The van der Waals surface area contributed by atoms with Gasteiger partial charge in [0.2, 0.25) is 0 Å². The molecule has 164 valence electrons. The van der Waals surface area contributed by atoms with E-state index in [0.717, 1.165) is 16.8 Å². The van der Waals surface area contributed by atoms with E-state index in [4.69, 9.17) is 14.0 Å². The molecule has 0 atom stereocenters. The van der Waals surface area contributed by atoms with Crippen LogP contribution in [0.25, 0.3) is 0 Å². The van der Waals surface area contributed by atoms with Gasteiger partial charge in [0.15, 0.2) is 0 Å². The minimum absolute atomic E-state index is 0.276. The number of piperazine rings is 1. The first-order chi connectivity index (χ1) is 14.7. The first-order valence-corrected chi connectivity index (χ1v) is 10.8. The molecule has 0 spiro atoms. The molecular formula is C23H30BN3O4. The van der Waals surface area contributed by atoms with Crippen LogP contribution in [0.3, 0.4) is 0 Å². The van der Waals surface area contributed by atoms with Crippen molar-refractivity contribution in [2.75, 3.05) is 31.1 Å². The quantitative estimate of drug-likeness (QED) is 0.705. The fraction of sp³-hybridized carbons (Fsp3) is 0.478. The predicted octanol–water partition coefficient (Wildman–Crippen LogP) is 2.84. The Balaban J connectivity index is 1.33. The van der Waals surface area contributed by atoms with Gasteiger partial charge in [-0.05, 0) is 50.9 Å². The summed E-state index contributed by atoms with van der Waals surface area (Å²) in [6, 6.07) is 13.7. The number of rotatable bonds is 4. The summed E-state index contributed by atoms with van der Waals surface area (Å²) in [5.41, 5.74) is 1.17. The van der Waals surface area contributed by atoms with Crippen LogP contribution in [0, 0.1) is 0 Å². The minimum Gasteiger partial charge on any atom is -0.445 e. The number of aromatic nitrogens is 1. The lowest BCUT2D eigenvalue weighted by Gasteiger charge is -2.35. The number of pyridine rings is 1. The SMILES string of the molecule is CC1(C)OB(c2ccnc(N3CCN(C(=O)OCc4ccccc4)CC3)c2)OC1(C)C. The van der Waals surface area contributed by atoms with Crippen molar-refractivity contribution in [1.82, 2.24) is 9.88 Å². The first kappa shape index (κ1) is 21.6. The topological polar surface area (TPSA) is 64.1 Å². The zero-order chi connectivity index (χ0) is 22.1. The van der Waals surface area contributed by atoms with Gasteiger partial charge in [-0.2, -0.15) is 0 Å². The normalized spacial score (nSPS) is 20.1. The van der Waals surface area contributed by atoms with Crippen molar-refractivity contribution in [2.24, 2.45) is 0 Å². The van der Waals surface area contributed by atoms with Crippen molar-refractivity contribution in [3.8, 4) is 0 Å². The lowest BCUT2D eigenvalue weighted by Crippen LogP contribution is -2.49. The highest BCUT2D eigenvalue weighted by Gasteiger charge is 2.51. The van der Waals surface area contributed by atoms with Crippen molar-refractivity contribution in [3.63, 3.8) is 0 Å². The number of nitrogens with zero attached hydrogens (tertiary/aromatic N) is 3. The Hall–Kier alpha value is -2.58. The van der Waals surface area contributed by atoms with Crippen LogP contribution in [0.4, 0.5) is 10.6 Å². The molecule has 0 unspecified atom stereocenters. The van der Waals surface area contributed by atoms with Crippen LogP contribution in [0.1, 0.15) is 33.3 Å². The molecule has 0 saturated carbocycles. The lowest BCUT2D eigenvalue weighted by atomic mass is 9.79.